The van der Waals surface area contributed by atoms with E-state index in [2.05, 4.69) is 15.0 Å². The summed E-state index contributed by atoms with van der Waals surface area (Å²) in [6, 6.07) is 13.9. The van der Waals surface area contributed by atoms with Crippen LogP contribution in [0.2, 0.25) is 0 Å². The first-order valence-electron chi connectivity index (χ1n) is 17.6. The molecule has 312 valence electrons. The van der Waals surface area contributed by atoms with Crippen LogP contribution in [0.25, 0.3) is 11.2 Å². The van der Waals surface area contributed by atoms with Gasteiger partial charge in [0.05, 0.1) is 25.1 Å². The number of ether oxygens (including phenoxy) is 3. The Morgan fingerprint density at radius 3 is 2.29 bits per heavy atom. The number of anilines is 1. The Morgan fingerprint density at radius 1 is 0.932 bits per heavy atom. The number of H-pyrrole nitrogens is 1. The second kappa shape index (κ2) is 16.4. The van der Waals surface area contributed by atoms with E-state index < -0.39 is 94.3 Å². The number of benzene rings is 2. The molecule has 2 unspecified atom stereocenters. The summed E-state index contributed by atoms with van der Waals surface area (Å²) in [4.78, 5) is 62.2. The van der Waals surface area contributed by atoms with Crippen LogP contribution >= 0.6 is 26.0 Å². The Kier molecular flexibility index (Phi) is 11.4. The number of hydrogen-bond donors (Lipinski definition) is 3. The SMILES string of the molecule is Cc1ccc(C(=O)Oc2ccc(CSP3(=O)OC[C@H]4O[C@@H](n5cnc6c(N)ncnc65)[C@H](OP(=O)(O)OC[C@H]5O[C@@H](n6ccc(=O)[nH]c6=O)[C@H](O3)[C@H]5F)[C@H]4F)cc2)cc1. The van der Waals surface area contributed by atoms with Crippen LogP contribution in [0.3, 0.4) is 0 Å². The zero-order chi connectivity index (χ0) is 41.6. The number of imidazole rings is 1. The number of carbonyl (C=O) groups is 1. The largest absolute Gasteiger partial charge is 0.472 e. The van der Waals surface area contributed by atoms with E-state index >= 15 is 8.78 Å². The van der Waals surface area contributed by atoms with Crippen molar-refractivity contribution in [2.24, 2.45) is 0 Å². The first-order chi connectivity index (χ1) is 28.2. The maximum absolute atomic E-state index is 16.4. The number of alkyl halides is 2. The van der Waals surface area contributed by atoms with Gasteiger partial charge in [-0.25, -0.2) is 42.5 Å². The summed E-state index contributed by atoms with van der Waals surface area (Å²) in [5.74, 6) is -0.536. The summed E-state index contributed by atoms with van der Waals surface area (Å²) < 4.78 is 102. The lowest BCUT2D eigenvalue weighted by Gasteiger charge is -2.27. The van der Waals surface area contributed by atoms with Crippen molar-refractivity contribution in [3.05, 3.63) is 111 Å². The van der Waals surface area contributed by atoms with Crippen LogP contribution < -0.4 is 21.7 Å². The minimum atomic E-state index is -5.26. The van der Waals surface area contributed by atoms with Gasteiger partial charge in [-0.05, 0) is 48.1 Å². The third-order valence-corrected chi connectivity index (χ3v) is 14.1. The number of aryl methyl sites for hydroxylation is 1. The monoisotopic (exact) mass is 879 g/mol. The Morgan fingerprint density at radius 2 is 1.59 bits per heavy atom. The van der Waals surface area contributed by atoms with E-state index in [9.17, 15) is 28.4 Å². The molecule has 3 aliphatic heterocycles. The van der Waals surface area contributed by atoms with Gasteiger partial charge in [-0.3, -0.25) is 37.0 Å². The highest BCUT2D eigenvalue weighted by atomic mass is 32.7. The molecular weight excluding hydrogens is 846 g/mol. The van der Waals surface area contributed by atoms with Crippen molar-refractivity contribution in [1.82, 2.24) is 29.1 Å². The van der Waals surface area contributed by atoms with Gasteiger partial charge in [0.1, 0.15) is 42.0 Å². The molecule has 4 N–H and O–H groups in total. The summed E-state index contributed by atoms with van der Waals surface area (Å²) in [6.07, 6.45) is -11.9. The zero-order valence-electron chi connectivity index (χ0n) is 30.4. The number of esters is 1. The highest BCUT2D eigenvalue weighted by Crippen LogP contribution is 2.65. The van der Waals surface area contributed by atoms with Crippen molar-refractivity contribution in [3.8, 4) is 5.75 Å². The van der Waals surface area contributed by atoms with E-state index in [0.717, 1.165) is 28.7 Å². The number of hydrogen-bond acceptors (Lipinski definition) is 17. The van der Waals surface area contributed by atoms with Crippen molar-refractivity contribution in [2.45, 2.75) is 61.9 Å². The van der Waals surface area contributed by atoms with Crippen LogP contribution in [-0.2, 0) is 42.5 Å². The van der Waals surface area contributed by atoms with E-state index in [1.54, 1.807) is 36.4 Å². The summed E-state index contributed by atoms with van der Waals surface area (Å²) in [5.41, 5.74) is 6.03. The third-order valence-electron chi connectivity index (χ3n) is 9.43. The van der Waals surface area contributed by atoms with Crippen LogP contribution in [0, 0.1) is 6.92 Å². The fraction of sp³-hybridized carbons (Fsp3) is 0.353. The third kappa shape index (κ3) is 8.67. The summed E-state index contributed by atoms with van der Waals surface area (Å²) in [7, 11) is -5.26. The summed E-state index contributed by atoms with van der Waals surface area (Å²) in [5, 5.41) is 0. The van der Waals surface area contributed by atoms with Gasteiger partial charge in [0.15, 0.2) is 36.3 Å². The molecule has 0 aliphatic carbocycles. The highest BCUT2D eigenvalue weighted by Gasteiger charge is 2.55. The average molecular weight is 880 g/mol. The fourth-order valence-corrected chi connectivity index (χ4v) is 10.7. The van der Waals surface area contributed by atoms with E-state index in [-0.39, 0.29) is 28.5 Å². The zero-order valence-corrected chi connectivity index (χ0v) is 33.0. The molecule has 0 radical (unpaired) electrons. The number of nitrogens with two attached hydrogens (primary N) is 1. The molecule has 0 spiro atoms. The number of rotatable bonds is 7. The smallest absolute Gasteiger partial charge is 0.423 e. The second-order valence-electron chi connectivity index (χ2n) is 13.4. The van der Waals surface area contributed by atoms with Gasteiger partial charge >= 0.3 is 26.3 Å². The van der Waals surface area contributed by atoms with Gasteiger partial charge in [0.2, 0.25) is 0 Å². The molecule has 20 nitrogen and oxygen atoms in total. The molecule has 0 amide bonds. The van der Waals surface area contributed by atoms with Gasteiger partial charge in [-0.1, -0.05) is 29.8 Å². The van der Waals surface area contributed by atoms with Crippen LogP contribution in [0.4, 0.5) is 14.6 Å². The molecule has 10 atom stereocenters. The molecule has 59 heavy (non-hydrogen) atoms. The minimum absolute atomic E-state index is 0.0262. The number of aromatic amines is 1. The molecule has 6 heterocycles. The van der Waals surface area contributed by atoms with Crippen molar-refractivity contribution in [1.29, 1.82) is 0 Å². The summed E-state index contributed by atoms with van der Waals surface area (Å²) >= 11 is 0.568. The Hall–Kier alpha value is -4.67. The maximum atomic E-state index is 16.4. The molecule has 0 saturated carbocycles. The molecule has 3 fully saturated rings. The number of halogens is 2. The van der Waals surface area contributed by atoms with E-state index in [4.69, 9.17) is 38.0 Å². The molecular formula is C34H33F2N7O13P2S. The van der Waals surface area contributed by atoms with Crippen LogP contribution in [0.1, 0.15) is 33.9 Å². The maximum Gasteiger partial charge on any atom is 0.472 e. The first-order valence-corrected chi connectivity index (χ1v) is 22.2. The number of phosphoric acid groups is 1. The standard InChI is InChI=1S/C34H33F2N7O13P2S/c1-17-2-6-19(7-3-17)33(45)52-20-8-4-18(5-9-20)14-59-58(49)51-13-22-24(35)27(32(54-22)43-16-40-26-29(37)38-15-39-30(26)43)55-57(47,48)50-12-21-25(36)28(56-58)31(53-21)42-11-10-23(44)41-34(42)46/h2-11,15-16,21-22,24-25,27-28,31-32H,12-14H2,1H3,(H,47,48)(H2,37,38,39)(H,41,44,46)/t21-,22-,24+,25+,27-,28-,31-,32-,58?/m1/s1. The number of carbonyl (C=O) groups excluding carboxylic acids is 1. The average Bonchev–Trinajstić information content (AvgIpc) is 3.86. The van der Waals surface area contributed by atoms with E-state index in [1.807, 2.05) is 11.9 Å². The number of phosphoric ester groups is 1. The number of aromatic nitrogens is 6. The highest BCUT2D eigenvalue weighted by molar-refractivity contribution is 8.54. The van der Waals surface area contributed by atoms with E-state index in [0.29, 0.717) is 22.5 Å². The molecule has 4 bridgehead atoms. The van der Waals surface area contributed by atoms with Gasteiger partial charge in [0.25, 0.3) is 5.56 Å². The lowest BCUT2D eigenvalue weighted by molar-refractivity contribution is -0.0648. The summed E-state index contributed by atoms with van der Waals surface area (Å²) in [6.45, 7) is -4.66. The van der Waals surface area contributed by atoms with Crippen LogP contribution in [0.15, 0.2) is 83.0 Å². The number of fused-ring (bicyclic) bond motifs is 5. The Labute approximate surface area is 334 Å². The quantitative estimate of drug-likeness (QED) is 0.119. The molecule has 3 saturated heterocycles. The van der Waals surface area contributed by atoms with Gasteiger partial charge in [-0.2, -0.15) is 0 Å². The fourth-order valence-electron chi connectivity index (χ4n) is 6.44. The van der Waals surface area contributed by atoms with Crippen molar-refractivity contribution >= 4 is 49.0 Å². The number of nitrogens with zero attached hydrogens (tertiary/aromatic N) is 5. The minimum Gasteiger partial charge on any atom is -0.423 e. The number of nitrogens with one attached hydrogen (secondary N) is 1. The normalized spacial score (nSPS) is 31.2. The molecule has 2 aromatic carbocycles. The lowest BCUT2D eigenvalue weighted by Crippen LogP contribution is -2.38. The topological polar surface area (TPSA) is 261 Å². The van der Waals surface area contributed by atoms with Crippen LogP contribution in [-0.4, -0.2) is 89.9 Å². The second-order valence-corrected chi connectivity index (χ2v) is 18.9. The van der Waals surface area contributed by atoms with Crippen molar-refractivity contribution in [2.75, 3.05) is 18.9 Å². The Bertz CT molecular complexity index is 2580. The van der Waals surface area contributed by atoms with Gasteiger partial charge < -0.3 is 24.8 Å². The predicted molar refractivity (Wildman–Crippen MR) is 202 cm³/mol. The van der Waals surface area contributed by atoms with Crippen molar-refractivity contribution < 1.29 is 59.9 Å². The molecule has 3 aliphatic rings. The van der Waals surface area contributed by atoms with Crippen molar-refractivity contribution in [3.63, 3.8) is 0 Å². The van der Waals surface area contributed by atoms with Gasteiger partial charge in [0, 0.05) is 18.0 Å². The van der Waals surface area contributed by atoms with E-state index in [1.165, 1.54) is 23.0 Å². The molecule has 25 heteroatoms. The number of nitrogen functional groups attached to an aromatic ring is 1. The predicted octanol–water partition coefficient (Wildman–Crippen LogP) is 3.92. The lowest BCUT2D eigenvalue weighted by atomic mass is 10.1. The molecule has 5 aromatic rings. The first kappa shape index (κ1) is 41.1. The van der Waals surface area contributed by atoms with Crippen LogP contribution in [0.5, 0.6) is 5.75 Å². The molecule has 3 aromatic heterocycles. The van der Waals surface area contributed by atoms with Gasteiger partial charge in [-0.15, -0.1) is 0 Å². The Balaban J connectivity index is 1.09. The molecule has 8 rings (SSSR count).